The van der Waals surface area contributed by atoms with Gasteiger partial charge in [0.25, 0.3) is 5.91 Å². The van der Waals surface area contributed by atoms with Gasteiger partial charge in [-0.2, -0.15) is 0 Å². The number of amides is 2. The Morgan fingerprint density at radius 1 is 1.24 bits per heavy atom. The molecule has 2 heterocycles. The molecule has 1 aliphatic heterocycles. The highest BCUT2D eigenvalue weighted by atomic mass is 35.5. The molecule has 0 radical (unpaired) electrons. The highest BCUT2D eigenvalue weighted by Gasteiger charge is 2.25. The average molecular weight is 428 g/mol. The number of carbonyl (C=O) groups is 2. The van der Waals surface area contributed by atoms with E-state index in [0.29, 0.717) is 22.0 Å². The Morgan fingerprint density at radius 3 is 2.86 bits per heavy atom. The summed E-state index contributed by atoms with van der Waals surface area (Å²) in [5.41, 5.74) is 1.93. The van der Waals surface area contributed by atoms with E-state index >= 15 is 0 Å². The monoisotopic (exact) mass is 427 g/mol. The third-order valence-electron chi connectivity index (χ3n) is 4.52. The Hall–Kier alpha value is -2.90. The van der Waals surface area contributed by atoms with Crippen molar-refractivity contribution in [2.75, 3.05) is 17.3 Å². The summed E-state index contributed by atoms with van der Waals surface area (Å²) in [6.45, 7) is 0. The molecule has 0 fully saturated rings. The molecule has 2 amide bonds. The largest absolute Gasteiger partial charge is 0.326 e. The summed E-state index contributed by atoms with van der Waals surface area (Å²) in [5, 5.41) is 3.57. The summed E-state index contributed by atoms with van der Waals surface area (Å²) in [6.07, 6.45) is 1.45. The molecule has 0 atom stereocenters. The van der Waals surface area contributed by atoms with Gasteiger partial charge in [-0.25, -0.2) is 9.37 Å². The Bertz CT molecular complexity index is 1120. The molecule has 8 heteroatoms. The van der Waals surface area contributed by atoms with Crippen LogP contribution in [-0.2, 0) is 11.2 Å². The fourth-order valence-electron chi connectivity index (χ4n) is 3.05. The van der Waals surface area contributed by atoms with Crippen LogP contribution in [0.5, 0.6) is 0 Å². The fourth-order valence-corrected chi connectivity index (χ4v) is 4.36. The molecule has 0 unspecified atom stereocenters. The molecule has 4 rings (SSSR count). The summed E-state index contributed by atoms with van der Waals surface area (Å²) in [5.74, 6) is -1.06. The molecule has 2 aromatic carbocycles. The Kier molecular flexibility index (Phi) is 5.25. The standard InChI is InChI=1S/C21H15ClFN3O2S/c1-26-17-8-7-12(25-19(27)11-14-15(22)5-2-6-16(14)23)10-18(17)29-20-13(21(26)28)4-3-9-24-20/h2-10H,11H2,1H3,(H,25,27). The zero-order valence-electron chi connectivity index (χ0n) is 15.3. The minimum Gasteiger partial charge on any atom is -0.326 e. The number of nitrogens with one attached hydrogen (secondary N) is 1. The Balaban J connectivity index is 1.60. The number of fused-ring (bicyclic) bond motifs is 2. The second kappa shape index (κ2) is 7.85. The van der Waals surface area contributed by atoms with Gasteiger partial charge in [-0.1, -0.05) is 29.4 Å². The van der Waals surface area contributed by atoms with E-state index in [2.05, 4.69) is 10.3 Å². The third kappa shape index (κ3) is 3.83. The number of halogens is 2. The van der Waals surface area contributed by atoms with Gasteiger partial charge in [0.05, 0.1) is 17.7 Å². The maximum absolute atomic E-state index is 13.9. The first kappa shape index (κ1) is 19.4. The van der Waals surface area contributed by atoms with Gasteiger partial charge in [-0.05, 0) is 42.5 Å². The molecule has 1 N–H and O–H groups in total. The van der Waals surface area contributed by atoms with Crippen molar-refractivity contribution in [2.24, 2.45) is 0 Å². The number of anilines is 2. The first-order chi connectivity index (χ1) is 13.9. The van der Waals surface area contributed by atoms with Gasteiger partial charge in [0.1, 0.15) is 10.8 Å². The lowest BCUT2D eigenvalue weighted by Gasteiger charge is -2.18. The van der Waals surface area contributed by atoms with Crippen LogP contribution in [0.2, 0.25) is 5.02 Å². The predicted molar refractivity (Wildman–Crippen MR) is 111 cm³/mol. The van der Waals surface area contributed by atoms with E-state index in [9.17, 15) is 14.0 Å². The highest BCUT2D eigenvalue weighted by molar-refractivity contribution is 7.99. The molecule has 29 heavy (non-hydrogen) atoms. The van der Waals surface area contributed by atoms with Crippen molar-refractivity contribution >= 4 is 46.6 Å². The quantitative estimate of drug-likeness (QED) is 0.652. The van der Waals surface area contributed by atoms with Crippen LogP contribution in [0.1, 0.15) is 15.9 Å². The number of carbonyl (C=O) groups excluding carboxylic acids is 2. The summed E-state index contributed by atoms with van der Waals surface area (Å²) in [4.78, 5) is 31.7. The van der Waals surface area contributed by atoms with Gasteiger partial charge >= 0.3 is 0 Å². The molecule has 1 aromatic heterocycles. The maximum atomic E-state index is 13.9. The Morgan fingerprint density at radius 2 is 2.07 bits per heavy atom. The molecule has 146 valence electrons. The number of rotatable bonds is 3. The average Bonchev–Trinajstić information content (AvgIpc) is 2.80. The van der Waals surface area contributed by atoms with Crippen molar-refractivity contribution in [3.63, 3.8) is 0 Å². The van der Waals surface area contributed by atoms with Crippen molar-refractivity contribution in [2.45, 2.75) is 16.3 Å². The van der Waals surface area contributed by atoms with Gasteiger partial charge in [0.15, 0.2) is 0 Å². The maximum Gasteiger partial charge on any atom is 0.260 e. The minimum absolute atomic E-state index is 0.148. The van der Waals surface area contributed by atoms with Crippen molar-refractivity contribution in [3.05, 3.63) is 76.7 Å². The molecular formula is C21H15ClFN3O2S. The summed E-state index contributed by atoms with van der Waals surface area (Å²) < 4.78 is 13.9. The molecular weight excluding hydrogens is 413 g/mol. The van der Waals surface area contributed by atoms with Crippen LogP contribution >= 0.6 is 23.4 Å². The number of benzene rings is 2. The zero-order chi connectivity index (χ0) is 20.5. The van der Waals surface area contributed by atoms with Crippen LogP contribution in [0.15, 0.2) is 64.6 Å². The van der Waals surface area contributed by atoms with E-state index in [1.807, 2.05) is 0 Å². The van der Waals surface area contributed by atoms with Gasteiger partial charge in [-0.3, -0.25) is 9.59 Å². The molecule has 0 saturated carbocycles. The second-order valence-corrected chi connectivity index (χ2v) is 7.87. The molecule has 0 aliphatic carbocycles. The number of nitrogens with zero attached hydrogens (tertiary/aromatic N) is 2. The van der Waals surface area contributed by atoms with Crippen molar-refractivity contribution in [3.8, 4) is 0 Å². The predicted octanol–water partition coefficient (Wildman–Crippen LogP) is 4.80. The lowest BCUT2D eigenvalue weighted by atomic mass is 10.1. The highest BCUT2D eigenvalue weighted by Crippen LogP contribution is 2.41. The SMILES string of the molecule is CN1C(=O)c2cccnc2Sc2cc(NC(=O)Cc3c(F)cccc3Cl)ccc21. The van der Waals surface area contributed by atoms with Crippen LogP contribution in [-0.4, -0.2) is 23.8 Å². The van der Waals surface area contributed by atoms with Crippen LogP contribution < -0.4 is 10.2 Å². The first-order valence-electron chi connectivity index (χ1n) is 8.72. The van der Waals surface area contributed by atoms with Crippen LogP contribution in [0.4, 0.5) is 15.8 Å². The van der Waals surface area contributed by atoms with Crippen molar-refractivity contribution in [1.29, 1.82) is 0 Å². The van der Waals surface area contributed by atoms with E-state index in [1.165, 1.54) is 23.9 Å². The fraction of sp³-hybridized carbons (Fsp3) is 0.0952. The summed E-state index contributed by atoms with van der Waals surface area (Å²) >= 11 is 7.35. The normalized spacial score (nSPS) is 12.8. The van der Waals surface area contributed by atoms with Crippen molar-refractivity contribution in [1.82, 2.24) is 4.98 Å². The molecule has 3 aromatic rings. The summed E-state index contributed by atoms with van der Waals surface area (Å²) in [6, 6.07) is 13.0. The van der Waals surface area contributed by atoms with Crippen LogP contribution in [0.3, 0.4) is 0 Å². The third-order valence-corrected chi connectivity index (χ3v) is 5.94. The zero-order valence-corrected chi connectivity index (χ0v) is 16.9. The van der Waals surface area contributed by atoms with E-state index in [1.54, 1.807) is 54.5 Å². The summed E-state index contributed by atoms with van der Waals surface area (Å²) in [7, 11) is 1.70. The number of aromatic nitrogens is 1. The molecule has 0 spiro atoms. The van der Waals surface area contributed by atoms with E-state index < -0.39 is 11.7 Å². The van der Waals surface area contributed by atoms with E-state index in [0.717, 1.165) is 4.90 Å². The lowest BCUT2D eigenvalue weighted by molar-refractivity contribution is -0.115. The molecule has 5 nitrogen and oxygen atoms in total. The van der Waals surface area contributed by atoms with Crippen LogP contribution in [0.25, 0.3) is 0 Å². The second-order valence-electron chi connectivity index (χ2n) is 6.43. The first-order valence-corrected chi connectivity index (χ1v) is 9.91. The van der Waals surface area contributed by atoms with Crippen molar-refractivity contribution < 1.29 is 14.0 Å². The lowest BCUT2D eigenvalue weighted by Crippen LogP contribution is -2.26. The number of hydrogen-bond donors (Lipinski definition) is 1. The Labute approximate surface area is 175 Å². The van der Waals surface area contributed by atoms with E-state index in [-0.39, 0.29) is 22.9 Å². The molecule has 1 aliphatic rings. The molecule has 0 bridgehead atoms. The van der Waals surface area contributed by atoms with Gasteiger partial charge in [-0.15, -0.1) is 0 Å². The van der Waals surface area contributed by atoms with Gasteiger partial charge < -0.3 is 10.2 Å². The topological polar surface area (TPSA) is 62.3 Å². The van der Waals surface area contributed by atoms with Gasteiger partial charge in [0, 0.05) is 34.4 Å². The smallest absolute Gasteiger partial charge is 0.260 e. The minimum atomic E-state index is -0.520. The van der Waals surface area contributed by atoms with Crippen LogP contribution in [0, 0.1) is 5.82 Å². The number of hydrogen-bond acceptors (Lipinski definition) is 4. The number of pyridine rings is 1. The van der Waals surface area contributed by atoms with E-state index in [4.69, 9.17) is 11.6 Å². The van der Waals surface area contributed by atoms with Gasteiger partial charge in [0.2, 0.25) is 5.91 Å². The molecule has 0 saturated heterocycles.